The molecule has 0 bridgehead atoms. The monoisotopic (exact) mass is 193 g/mol. The Morgan fingerprint density at radius 2 is 2.18 bits per heavy atom. The molecule has 0 aliphatic carbocycles. The molecule has 0 rings (SSSR count). The molecule has 0 heterocycles. The summed E-state index contributed by atoms with van der Waals surface area (Å²) in [7, 11) is -3.61. The average Bonchev–Trinajstić information content (AvgIpc) is 1.59. The Morgan fingerprint density at radius 1 is 1.73 bits per heavy atom. The molecule has 0 aromatic carbocycles. The molecular formula is C4H12NNaO4S. The molecule has 0 spiro atoms. The molecule has 0 aliphatic rings. The number of aliphatic hydroxyl groups is 1. The van der Waals surface area contributed by atoms with Crippen molar-refractivity contribution in [2.75, 3.05) is 12.5 Å². The van der Waals surface area contributed by atoms with Gasteiger partial charge in [-0.05, 0) is 6.92 Å². The Kier molecular flexibility index (Phi) is 8.30. The summed E-state index contributed by atoms with van der Waals surface area (Å²) >= 11 is 0. The van der Waals surface area contributed by atoms with Crippen LogP contribution in [-0.2, 0) is 14.3 Å². The Morgan fingerprint density at radius 3 is 2.45 bits per heavy atom. The fourth-order valence-corrected chi connectivity index (χ4v) is 1.35. The minimum atomic E-state index is -3.61. The first kappa shape index (κ1) is 14.4. The molecule has 11 heavy (non-hydrogen) atoms. The summed E-state index contributed by atoms with van der Waals surface area (Å²) in [6, 6.07) is -0.475. The molecular weight excluding hydrogens is 181 g/mol. The largest absolute Gasteiger partial charge is 1.00 e. The topological polar surface area (TPSA) is 89.6 Å². The number of rotatable bonds is 4. The molecule has 1 unspecified atom stereocenters. The molecule has 0 radical (unpaired) electrons. The third-order valence-electron chi connectivity index (χ3n) is 0.699. The smallest absolute Gasteiger partial charge is 1.00 e. The second-order valence-electron chi connectivity index (χ2n) is 1.95. The molecule has 0 aromatic rings. The summed E-state index contributed by atoms with van der Waals surface area (Å²) in [5, 5.41) is 8.07. The number of nitrogens with two attached hydrogens (primary N) is 1. The maximum atomic E-state index is 10.6. The van der Waals surface area contributed by atoms with Gasteiger partial charge in [0.15, 0.2) is 6.79 Å². The molecule has 0 saturated carbocycles. The van der Waals surface area contributed by atoms with E-state index in [-0.39, 0.29) is 36.7 Å². The SMILES string of the molecule is CC(N)CS(=O)(=O)OCO.[H-].[Na+]. The van der Waals surface area contributed by atoms with Crippen molar-refractivity contribution in [1.29, 1.82) is 0 Å². The molecule has 1 atom stereocenters. The van der Waals surface area contributed by atoms with Crippen LogP contribution >= 0.6 is 0 Å². The molecule has 0 aliphatic heterocycles. The minimum absolute atomic E-state index is 0. The van der Waals surface area contributed by atoms with Crippen LogP contribution in [0.1, 0.15) is 8.35 Å². The summed E-state index contributed by atoms with van der Waals surface area (Å²) in [6.07, 6.45) is 0. The van der Waals surface area contributed by atoms with Crippen LogP contribution in [0.5, 0.6) is 0 Å². The van der Waals surface area contributed by atoms with E-state index in [1.54, 1.807) is 0 Å². The summed E-state index contributed by atoms with van der Waals surface area (Å²) in [5.41, 5.74) is 5.17. The number of hydrogen-bond donors (Lipinski definition) is 2. The quantitative estimate of drug-likeness (QED) is 0.268. The van der Waals surface area contributed by atoms with Crippen LogP contribution in [0.3, 0.4) is 0 Å². The Bertz CT molecular complexity index is 183. The van der Waals surface area contributed by atoms with E-state index in [2.05, 4.69) is 4.18 Å². The van der Waals surface area contributed by atoms with Gasteiger partial charge in [-0.25, -0.2) is 4.18 Å². The summed E-state index contributed by atoms with van der Waals surface area (Å²) in [6.45, 7) is 0.716. The first-order chi connectivity index (χ1) is 4.48. The van der Waals surface area contributed by atoms with Crippen molar-refractivity contribution in [3.8, 4) is 0 Å². The fraction of sp³-hybridized carbons (Fsp3) is 1.00. The third kappa shape index (κ3) is 8.74. The Hall–Kier alpha value is 0.830. The zero-order chi connectivity index (χ0) is 8.20. The van der Waals surface area contributed by atoms with Gasteiger partial charge >= 0.3 is 29.6 Å². The van der Waals surface area contributed by atoms with Gasteiger partial charge in [0.2, 0.25) is 0 Å². The molecule has 0 aromatic heterocycles. The normalized spacial score (nSPS) is 13.7. The van der Waals surface area contributed by atoms with Crippen LogP contribution in [0.2, 0.25) is 0 Å². The number of aliphatic hydroxyl groups excluding tert-OH is 1. The van der Waals surface area contributed by atoms with E-state index in [1.807, 2.05) is 0 Å². The summed E-state index contributed by atoms with van der Waals surface area (Å²) < 4.78 is 25.1. The van der Waals surface area contributed by atoms with Crippen molar-refractivity contribution in [1.82, 2.24) is 0 Å². The Balaban J connectivity index is -0.000000405. The van der Waals surface area contributed by atoms with E-state index in [0.29, 0.717) is 0 Å². The van der Waals surface area contributed by atoms with Gasteiger partial charge in [0, 0.05) is 6.04 Å². The van der Waals surface area contributed by atoms with Crippen LogP contribution < -0.4 is 35.3 Å². The van der Waals surface area contributed by atoms with E-state index in [0.717, 1.165) is 0 Å². The maximum Gasteiger partial charge on any atom is 1.00 e. The number of hydrogen-bond acceptors (Lipinski definition) is 5. The molecule has 5 nitrogen and oxygen atoms in total. The van der Waals surface area contributed by atoms with Crippen molar-refractivity contribution in [2.45, 2.75) is 13.0 Å². The predicted octanol–water partition coefficient (Wildman–Crippen LogP) is -4.25. The van der Waals surface area contributed by atoms with Crippen molar-refractivity contribution in [3.05, 3.63) is 0 Å². The fourth-order valence-electron chi connectivity index (χ4n) is 0.450. The molecule has 0 fully saturated rings. The van der Waals surface area contributed by atoms with Gasteiger partial charge in [-0.3, -0.25) is 0 Å². The standard InChI is InChI=1S/C4H11NO4S.Na.H/c1-4(5)2-10(7,8)9-3-6;;/h4,6H,2-3,5H2,1H3;;/q;+1;-1. The summed E-state index contributed by atoms with van der Waals surface area (Å²) in [4.78, 5) is 0. The van der Waals surface area contributed by atoms with Gasteiger partial charge in [-0.2, -0.15) is 8.42 Å². The zero-order valence-electron chi connectivity index (χ0n) is 7.65. The zero-order valence-corrected chi connectivity index (χ0v) is 9.47. The first-order valence-electron chi connectivity index (χ1n) is 2.71. The van der Waals surface area contributed by atoms with Crippen molar-refractivity contribution < 1.29 is 48.7 Å². The van der Waals surface area contributed by atoms with Gasteiger partial charge in [-0.15, -0.1) is 0 Å². The van der Waals surface area contributed by atoms with E-state index < -0.39 is 23.0 Å². The van der Waals surface area contributed by atoms with Gasteiger partial charge < -0.3 is 12.3 Å². The molecule has 64 valence electrons. The second-order valence-corrected chi connectivity index (χ2v) is 3.63. The van der Waals surface area contributed by atoms with Gasteiger partial charge in [0.05, 0.1) is 5.75 Å². The van der Waals surface area contributed by atoms with E-state index in [1.165, 1.54) is 6.92 Å². The van der Waals surface area contributed by atoms with Crippen molar-refractivity contribution in [2.24, 2.45) is 5.73 Å². The molecule has 7 heteroatoms. The van der Waals surface area contributed by atoms with Crippen LogP contribution in [0.15, 0.2) is 0 Å². The molecule has 0 amide bonds. The third-order valence-corrected chi connectivity index (χ3v) is 2.10. The van der Waals surface area contributed by atoms with Gasteiger partial charge in [0.1, 0.15) is 0 Å². The van der Waals surface area contributed by atoms with Crippen LogP contribution in [0.25, 0.3) is 0 Å². The predicted molar refractivity (Wildman–Crippen MR) is 36.7 cm³/mol. The Labute approximate surface area is 89.8 Å². The summed E-state index contributed by atoms with van der Waals surface area (Å²) in [5.74, 6) is -0.270. The first-order valence-corrected chi connectivity index (χ1v) is 4.29. The van der Waals surface area contributed by atoms with E-state index >= 15 is 0 Å². The molecule has 0 saturated heterocycles. The van der Waals surface area contributed by atoms with E-state index in [9.17, 15) is 8.42 Å². The van der Waals surface area contributed by atoms with Gasteiger partial charge in [-0.1, -0.05) is 0 Å². The van der Waals surface area contributed by atoms with Crippen LogP contribution in [0.4, 0.5) is 0 Å². The molecule has 3 N–H and O–H groups in total. The van der Waals surface area contributed by atoms with E-state index in [4.69, 9.17) is 10.8 Å². The average molecular weight is 193 g/mol. The van der Waals surface area contributed by atoms with Crippen molar-refractivity contribution >= 4 is 10.1 Å². The van der Waals surface area contributed by atoms with Crippen molar-refractivity contribution in [3.63, 3.8) is 0 Å². The van der Waals surface area contributed by atoms with Crippen LogP contribution in [0, 0.1) is 0 Å². The van der Waals surface area contributed by atoms with Gasteiger partial charge in [0.25, 0.3) is 10.1 Å². The second kappa shape index (κ2) is 6.36. The minimum Gasteiger partial charge on any atom is -1.00 e. The maximum absolute atomic E-state index is 10.6. The van der Waals surface area contributed by atoms with Crippen LogP contribution in [-0.4, -0.2) is 32.1 Å².